The van der Waals surface area contributed by atoms with Crippen LogP contribution in [0.25, 0.3) is 22.2 Å². The van der Waals surface area contributed by atoms with Crippen LogP contribution < -0.4 is 15.5 Å². The molecule has 0 unspecified atom stereocenters. The van der Waals surface area contributed by atoms with E-state index in [9.17, 15) is 4.79 Å². The molecule has 2 aromatic carbocycles. The average Bonchev–Trinajstić information content (AvgIpc) is 3.01. The smallest absolute Gasteiger partial charge is 0.411 e. The summed E-state index contributed by atoms with van der Waals surface area (Å²) >= 11 is 0. The number of rotatable bonds is 8. The minimum absolute atomic E-state index is 0.170. The largest absolute Gasteiger partial charge is 0.494 e. The maximum atomic E-state index is 11.9. The highest BCUT2D eigenvalue weighted by Crippen LogP contribution is 2.46. The summed E-state index contributed by atoms with van der Waals surface area (Å²) in [6.07, 6.45) is 2.88. The molecule has 0 saturated heterocycles. The van der Waals surface area contributed by atoms with Crippen LogP contribution in [0.2, 0.25) is 0 Å². The van der Waals surface area contributed by atoms with Crippen molar-refractivity contribution in [3.63, 3.8) is 0 Å². The van der Waals surface area contributed by atoms with Crippen molar-refractivity contribution in [2.24, 2.45) is 0 Å². The second-order valence-electron chi connectivity index (χ2n) is 8.25. The average molecular weight is 438 g/mol. The molecule has 170 valence electrons. The molecule has 1 aliphatic rings. The summed E-state index contributed by atoms with van der Waals surface area (Å²) in [5, 5.41) is 3.86. The molecule has 1 amide bonds. The zero-order chi connectivity index (χ0) is 22.7. The van der Waals surface area contributed by atoms with Gasteiger partial charge in [-0.3, -0.25) is 15.6 Å². The maximum Gasteiger partial charge on any atom is 0.411 e. The van der Waals surface area contributed by atoms with Gasteiger partial charge in [0.15, 0.2) is 0 Å². The van der Waals surface area contributed by atoms with E-state index in [1.807, 2.05) is 51.1 Å². The predicted octanol–water partition coefficient (Wildman–Crippen LogP) is 6.36. The summed E-state index contributed by atoms with van der Waals surface area (Å²) in [5.41, 5.74) is 7.95. The number of amides is 1. The van der Waals surface area contributed by atoms with Gasteiger partial charge in [0.05, 0.1) is 36.7 Å². The Morgan fingerprint density at radius 1 is 1.16 bits per heavy atom. The number of carbonyl (C=O) groups excluding carboxylic acids is 1. The molecular formula is C25H31N3O4. The molecule has 7 heteroatoms. The summed E-state index contributed by atoms with van der Waals surface area (Å²) in [4.78, 5) is 17.3. The first-order valence-corrected chi connectivity index (χ1v) is 11.2. The van der Waals surface area contributed by atoms with Gasteiger partial charge in [-0.1, -0.05) is 12.1 Å². The van der Waals surface area contributed by atoms with Gasteiger partial charge >= 0.3 is 6.09 Å². The highest BCUT2D eigenvalue weighted by molar-refractivity contribution is 6.02. The second-order valence-corrected chi connectivity index (χ2v) is 8.25. The van der Waals surface area contributed by atoms with E-state index >= 15 is 0 Å². The number of benzene rings is 2. The molecule has 3 aromatic rings. The highest BCUT2D eigenvalue weighted by atomic mass is 16.6. The standard InChI is InChI=1S/C25H31N3O4/c1-5-31-20-13-14-21-22(15-20)28(19-7-6-8-19)24(23(21)27-30-4)17-9-11-18(12-10-17)26-25(29)32-16(2)3/h9-16,19,27H,5-8H2,1-4H3,(H,26,29). The van der Waals surface area contributed by atoms with Gasteiger partial charge in [0.1, 0.15) is 5.75 Å². The second kappa shape index (κ2) is 9.53. The van der Waals surface area contributed by atoms with Gasteiger partial charge in [0.2, 0.25) is 0 Å². The van der Waals surface area contributed by atoms with E-state index in [1.165, 1.54) is 6.42 Å². The molecule has 1 aromatic heterocycles. The lowest BCUT2D eigenvalue weighted by Gasteiger charge is -2.30. The first-order chi connectivity index (χ1) is 15.5. The number of nitrogens with one attached hydrogen (secondary N) is 2. The number of hydrogen-bond acceptors (Lipinski definition) is 5. The molecule has 0 atom stereocenters. The maximum absolute atomic E-state index is 11.9. The van der Waals surface area contributed by atoms with E-state index in [2.05, 4.69) is 27.5 Å². The lowest BCUT2D eigenvalue weighted by atomic mass is 9.92. The lowest BCUT2D eigenvalue weighted by molar-refractivity contribution is 0.130. The normalized spacial score (nSPS) is 13.8. The van der Waals surface area contributed by atoms with Crippen LogP contribution in [0, 0.1) is 0 Å². The highest BCUT2D eigenvalue weighted by Gasteiger charge is 2.28. The summed E-state index contributed by atoms with van der Waals surface area (Å²) in [7, 11) is 1.62. The van der Waals surface area contributed by atoms with Crippen molar-refractivity contribution in [1.82, 2.24) is 4.57 Å². The fourth-order valence-electron chi connectivity index (χ4n) is 4.13. The lowest BCUT2D eigenvalue weighted by Crippen LogP contribution is -2.18. The van der Waals surface area contributed by atoms with Gasteiger partial charge in [-0.15, -0.1) is 0 Å². The molecule has 1 saturated carbocycles. The van der Waals surface area contributed by atoms with Gasteiger partial charge in [-0.2, -0.15) is 0 Å². The first-order valence-electron chi connectivity index (χ1n) is 11.2. The number of carbonyl (C=O) groups is 1. The molecule has 1 heterocycles. The molecule has 4 rings (SSSR count). The minimum Gasteiger partial charge on any atom is -0.494 e. The Bertz CT molecular complexity index is 1080. The fraction of sp³-hybridized carbons (Fsp3) is 0.400. The van der Waals surface area contributed by atoms with E-state index < -0.39 is 6.09 Å². The monoisotopic (exact) mass is 437 g/mol. The number of hydrogen-bond donors (Lipinski definition) is 2. The number of aromatic nitrogens is 1. The summed E-state index contributed by atoms with van der Waals surface area (Å²) in [5.74, 6) is 0.858. The molecule has 32 heavy (non-hydrogen) atoms. The van der Waals surface area contributed by atoms with Crippen LogP contribution in [0.15, 0.2) is 42.5 Å². The fourth-order valence-corrected chi connectivity index (χ4v) is 4.13. The Morgan fingerprint density at radius 3 is 2.50 bits per heavy atom. The molecule has 0 radical (unpaired) electrons. The van der Waals surface area contributed by atoms with Crippen LogP contribution in [0.4, 0.5) is 16.2 Å². The van der Waals surface area contributed by atoms with Crippen molar-refractivity contribution in [3.05, 3.63) is 42.5 Å². The summed E-state index contributed by atoms with van der Waals surface area (Å²) in [6.45, 7) is 6.26. The summed E-state index contributed by atoms with van der Waals surface area (Å²) in [6, 6.07) is 14.4. The van der Waals surface area contributed by atoms with Gasteiger partial charge in [-0.25, -0.2) is 4.79 Å². The van der Waals surface area contributed by atoms with Crippen LogP contribution in [-0.2, 0) is 9.57 Å². The third kappa shape index (κ3) is 4.39. The van der Waals surface area contributed by atoms with Crippen molar-refractivity contribution < 1.29 is 19.1 Å². The third-order valence-electron chi connectivity index (χ3n) is 5.68. The van der Waals surface area contributed by atoms with E-state index in [-0.39, 0.29) is 6.10 Å². The quantitative estimate of drug-likeness (QED) is 0.401. The molecule has 0 bridgehead atoms. The van der Waals surface area contributed by atoms with Crippen LogP contribution in [0.3, 0.4) is 0 Å². The van der Waals surface area contributed by atoms with Crippen molar-refractivity contribution in [1.29, 1.82) is 0 Å². The topological polar surface area (TPSA) is 73.8 Å². The van der Waals surface area contributed by atoms with E-state index in [0.29, 0.717) is 18.3 Å². The van der Waals surface area contributed by atoms with Crippen molar-refractivity contribution in [2.45, 2.75) is 52.2 Å². The molecule has 2 N–H and O–H groups in total. The Balaban J connectivity index is 1.78. The minimum atomic E-state index is -0.457. The van der Waals surface area contributed by atoms with Gasteiger partial charge in [-0.05, 0) is 64.3 Å². The number of nitrogens with zero attached hydrogens (tertiary/aromatic N) is 1. The predicted molar refractivity (Wildman–Crippen MR) is 127 cm³/mol. The van der Waals surface area contributed by atoms with Crippen LogP contribution in [-0.4, -0.2) is 30.5 Å². The van der Waals surface area contributed by atoms with Gasteiger partial charge < -0.3 is 14.0 Å². The molecule has 0 aliphatic heterocycles. The Labute approximate surface area is 188 Å². The molecule has 1 aliphatic carbocycles. The molecule has 1 fully saturated rings. The third-order valence-corrected chi connectivity index (χ3v) is 5.68. The van der Waals surface area contributed by atoms with Crippen LogP contribution in [0.5, 0.6) is 5.75 Å². The van der Waals surface area contributed by atoms with Crippen LogP contribution in [0.1, 0.15) is 46.1 Å². The van der Waals surface area contributed by atoms with E-state index in [4.69, 9.17) is 14.3 Å². The van der Waals surface area contributed by atoms with Gasteiger partial charge in [0.25, 0.3) is 0 Å². The van der Waals surface area contributed by atoms with Crippen molar-refractivity contribution >= 4 is 28.4 Å². The molecule has 0 spiro atoms. The number of ether oxygens (including phenoxy) is 2. The SMILES string of the molecule is CCOc1ccc2c(NOC)c(-c3ccc(NC(=O)OC(C)C)cc3)n(C3CCC3)c2c1. The van der Waals surface area contributed by atoms with Crippen LogP contribution >= 0.6 is 0 Å². The molecular weight excluding hydrogens is 406 g/mol. The Kier molecular flexibility index (Phi) is 6.55. The van der Waals surface area contributed by atoms with E-state index in [0.717, 1.165) is 46.4 Å². The number of anilines is 2. The van der Waals surface area contributed by atoms with Crippen molar-refractivity contribution in [3.8, 4) is 17.0 Å². The zero-order valence-electron chi connectivity index (χ0n) is 19.1. The number of fused-ring (bicyclic) bond motifs is 1. The summed E-state index contributed by atoms with van der Waals surface area (Å²) < 4.78 is 13.4. The molecule has 7 nitrogen and oxygen atoms in total. The van der Waals surface area contributed by atoms with Gasteiger partial charge in [0, 0.05) is 28.7 Å². The Hall–Kier alpha value is -3.19. The van der Waals surface area contributed by atoms with E-state index in [1.54, 1.807) is 7.11 Å². The zero-order valence-corrected chi connectivity index (χ0v) is 19.1. The Morgan fingerprint density at radius 2 is 1.91 bits per heavy atom. The van der Waals surface area contributed by atoms with Crippen molar-refractivity contribution in [2.75, 3.05) is 24.5 Å². The first kappa shape index (κ1) is 22.0.